The highest BCUT2D eigenvalue weighted by Gasteiger charge is 2.11. The Balaban J connectivity index is 1.57. The van der Waals surface area contributed by atoms with Crippen molar-refractivity contribution in [2.75, 3.05) is 26.0 Å². The van der Waals surface area contributed by atoms with E-state index in [1.165, 1.54) is 5.56 Å². The average Bonchev–Trinajstić information content (AvgIpc) is 2.75. The molecule has 3 aromatic carbocycles. The van der Waals surface area contributed by atoms with Crippen molar-refractivity contribution >= 4 is 17.5 Å². The van der Waals surface area contributed by atoms with Crippen LogP contribution in [0, 0.1) is 0 Å². The number of hydrogen-bond acceptors (Lipinski definition) is 3. The second-order valence-corrected chi connectivity index (χ2v) is 7.32. The molecule has 0 fully saturated rings. The second kappa shape index (κ2) is 10.4. The van der Waals surface area contributed by atoms with E-state index in [9.17, 15) is 9.59 Å². The van der Waals surface area contributed by atoms with Gasteiger partial charge in [-0.15, -0.1) is 0 Å². The maximum atomic E-state index is 12.6. The molecule has 30 heavy (non-hydrogen) atoms. The first-order valence-electron chi connectivity index (χ1n) is 9.96. The fraction of sp³-hybridized carbons (Fsp3) is 0.200. The first-order valence-corrected chi connectivity index (χ1v) is 9.96. The van der Waals surface area contributed by atoms with E-state index >= 15 is 0 Å². The van der Waals surface area contributed by atoms with Gasteiger partial charge in [-0.1, -0.05) is 60.7 Å². The Hall–Kier alpha value is -3.44. The third-order valence-corrected chi connectivity index (χ3v) is 4.84. The van der Waals surface area contributed by atoms with Gasteiger partial charge in [0.2, 0.25) is 5.91 Å². The molecule has 0 unspecified atom stereocenters. The lowest BCUT2D eigenvalue weighted by atomic mass is 10.0. The SMILES string of the molecule is CNC(=O)c1ccc(CN(C)CC(=O)Nc2ccccc2Cc2ccccc2)cc1. The zero-order valence-electron chi connectivity index (χ0n) is 17.4. The molecule has 2 amide bonds. The Morgan fingerprint density at radius 2 is 1.50 bits per heavy atom. The third-order valence-electron chi connectivity index (χ3n) is 4.84. The molecular formula is C25H27N3O2. The molecule has 3 aromatic rings. The maximum absolute atomic E-state index is 12.6. The van der Waals surface area contributed by atoms with Gasteiger partial charge in [-0.2, -0.15) is 0 Å². The molecule has 0 aromatic heterocycles. The molecule has 0 aliphatic heterocycles. The second-order valence-electron chi connectivity index (χ2n) is 7.32. The monoisotopic (exact) mass is 401 g/mol. The normalized spacial score (nSPS) is 10.6. The van der Waals surface area contributed by atoms with Crippen molar-refractivity contribution in [3.63, 3.8) is 0 Å². The van der Waals surface area contributed by atoms with E-state index in [2.05, 4.69) is 22.8 Å². The van der Waals surface area contributed by atoms with Crippen LogP contribution in [-0.4, -0.2) is 37.4 Å². The zero-order chi connectivity index (χ0) is 21.3. The molecular weight excluding hydrogens is 374 g/mol. The lowest BCUT2D eigenvalue weighted by Crippen LogP contribution is -2.30. The standard InChI is InChI=1S/C25H27N3O2/c1-26-25(30)21-14-12-20(13-15-21)17-28(2)18-24(29)27-23-11-7-6-10-22(23)16-19-8-4-3-5-9-19/h3-15H,16-18H2,1-2H3,(H,26,30)(H,27,29). The first kappa shape index (κ1) is 21.3. The van der Waals surface area contributed by atoms with Crippen molar-refractivity contribution in [2.45, 2.75) is 13.0 Å². The van der Waals surface area contributed by atoms with Gasteiger partial charge in [0, 0.05) is 24.8 Å². The van der Waals surface area contributed by atoms with Crippen molar-refractivity contribution in [2.24, 2.45) is 0 Å². The van der Waals surface area contributed by atoms with Crippen molar-refractivity contribution in [1.29, 1.82) is 0 Å². The number of carbonyl (C=O) groups excluding carboxylic acids is 2. The summed E-state index contributed by atoms with van der Waals surface area (Å²) in [7, 11) is 3.52. The zero-order valence-corrected chi connectivity index (χ0v) is 17.4. The summed E-state index contributed by atoms with van der Waals surface area (Å²) in [6, 6.07) is 25.5. The molecule has 0 saturated heterocycles. The van der Waals surface area contributed by atoms with Gasteiger partial charge in [-0.05, 0) is 48.4 Å². The van der Waals surface area contributed by atoms with Gasteiger partial charge in [0.05, 0.1) is 6.54 Å². The third kappa shape index (κ3) is 6.03. The summed E-state index contributed by atoms with van der Waals surface area (Å²) in [4.78, 5) is 26.2. The Labute approximate surface area is 177 Å². The van der Waals surface area contributed by atoms with Crippen LogP contribution < -0.4 is 10.6 Å². The molecule has 0 heterocycles. The summed E-state index contributed by atoms with van der Waals surface area (Å²) in [5.74, 6) is -0.163. The summed E-state index contributed by atoms with van der Waals surface area (Å²) in [6.07, 6.45) is 0.769. The van der Waals surface area contributed by atoms with Gasteiger partial charge in [0.25, 0.3) is 5.91 Å². The van der Waals surface area contributed by atoms with Crippen LogP contribution in [0.4, 0.5) is 5.69 Å². The number of para-hydroxylation sites is 1. The largest absolute Gasteiger partial charge is 0.355 e. The van der Waals surface area contributed by atoms with Gasteiger partial charge in [0.15, 0.2) is 0 Å². The van der Waals surface area contributed by atoms with Crippen molar-refractivity contribution in [3.05, 3.63) is 101 Å². The fourth-order valence-electron chi connectivity index (χ4n) is 3.32. The molecule has 5 nitrogen and oxygen atoms in total. The molecule has 0 atom stereocenters. The lowest BCUT2D eigenvalue weighted by molar-refractivity contribution is -0.117. The summed E-state index contributed by atoms with van der Waals surface area (Å²) < 4.78 is 0. The van der Waals surface area contributed by atoms with Gasteiger partial charge in [-0.25, -0.2) is 0 Å². The van der Waals surface area contributed by atoms with E-state index in [0.717, 1.165) is 23.2 Å². The minimum absolute atomic E-state index is 0.0556. The fourth-order valence-corrected chi connectivity index (χ4v) is 3.32. The smallest absolute Gasteiger partial charge is 0.251 e. The average molecular weight is 402 g/mol. The highest BCUT2D eigenvalue weighted by molar-refractivity contribution is 5.94. The van der Waals surface area contributed by atoms with E-state index in [0.29, 0.717) is 12.1 Å². The van der Waals surface area contributed by atoms with Crippen LogP contribution in [0.1, 0.15) is 27.0 Å². The summed E-state index contributed by atoms with van der Waals surface area (Å²) in [5.41, 5.74) is 4.80. The molecule has 0 spiro atoms. The van der Waals surface area contributed by atoms with Crippen LogP contribution in [0.2, 0.25) is 0 Å². The van der Waals surface area contributed by atoms with Crippen LogP contribution in [0.15, 0.2) is 78.9 Å². The summed E-state index contributed by atoms with van der Waals surface area (Å²) in [5, 5.41) is 5.65. The number of amides is 2. The maximum Gasteiger partial charge on any atom is 0.251 e. The molecule has 154 valence electrons. The van der Waals surface area contributed by atoms with Crippen LogP contribution in [0.25, 0.3) is 0 Å². The van der Waals surface area contributed by atoms with E-state index in [1.807, 2.05) is 66.5 Å². The predicted octanol–water partition coefficient (Wildman–Crippen LogP) is 3.71. The molecule has 5 heteroatoms. The van der Waals surface area contributed by atoms with E-state index in [-0.39, 0.29) is 18.4 Å². The van der Waals surface area contributed by atoms with Crippen molar-refractivity contribution in [3.8, 4) is 0 Å². The number of rotatable bonds is 8. The molecule has 0 saturated carbocycles. The number of nitrogens with one attached hydrogen (secondary N) is 2. The molecule has 0 bridgehead atoms. The predicted molar refractivity (Wildman–Crippen MR) is 120 cm³/mol. The minimum Gasteiger partial charge on any atom is -0.355 e. The van der Waals surface area contributed by atoms with Gasteiger partial charge in [0.1, 0.15) is 0 Å². The van der Waals surface area contributed by atoms with E-state index in [4.69, 9.17) is 0 Å². The number of carbonyl (C=O) groups is 2. The van der Waals surface area contributed by atoms with Gasteiger partial charge < -0.3 is 10.6 Å². The highest BCUT2D eigenvalue weighted by Crippen LogP contribution is 2.19. The Morgan fingerprint density at radius 3 is 2.20 bits per heavy atom. The molecule has 0 aliphatic rings. The highest BCUT2D eigenvalue weighted by atomic mass is 16.2. The number of hydrogen-bond donors (Lipinski definition) is 2. The first-order chi connectivity index (χ1) is 14.5. The molecule has 3 rings (SSSR count). The van der Waals surface area contributed by atoms with E-state index < -0.39 is 0 Å². The summed E-state index contributed by atoms with van der Waals surface area (Å²) in [6.45, 7) is 0.893. The van der Waals surface area contributed by atoms with Crippen LogP contribution in [-0.2, 0) is 17.8 Å². The van der Waals surface area contributed by atoms with Crippen LogP contribution >= 0.6 is 0 Å². The van der Waals surface area contributed by atoms with Gasteiger partial charge >= 0.3 is 0 Å². The minimum atomic E-state index is -0.108. The molecule has 0 radical (unpaired) electrons. The molecule has 2 N–H and O–H groups in total. The van der Waals surface area contributed by atoms with E-state index in [1.54, 1.807) is 19.2 Å². The quantitative estimate of drug-likeness (QED) is 0.605. The number of nitrogens with zero attached hydrogens (tertiary/aromatic N) is 1. The Bertz CT molecular complexity index is 985. The number of likely N-dealkylation sites (N-methyl/N-ethyl adjacent to an activating group) is 1. The Kier molecular flexibility index (Phi) is 7.35. The molecule has 0 aliphatic carbocycles. The summed E-state index contributed by atoms with van der Waals surface area (Å²) >= 11 is 0. The van der Waals surface area contributed by atoms with Crippen molar-refractivity contribution < 1.29 is 9.59 Å². The van der Waals surface area contributed by atoms with Gasteiger partial charge in [-0.3, -0.25) is 14.5 Å². The van der Waals surface area contributed by atoms with Crippen LogP contribution in [0.5, 0.6) is 0 Å². The topological polar surface area (TPSA) is 61.4 Å². The number of benzene rings is 3. The number of anilines is 1. The van der Waals surface area contributed by atoms with Crippen molar-refractivity contribution in [1.82, 2.24) is 10.2 Å². The lowest BCUT2D eigenvalue weighted by Gasteiger charge is -2.18. The Morgan fingerprint density at radius 1 is 0.833 bits per heavy atom. The van der Waals surface area contributed by atoms with Crippen LogP contribution in [0.3, 0.4) is 0 Å².